The second kappa shape index (κ2) is 8.25. The van der Waals surface area contributed by atoms with Crippen LogP contribution < -0.4 is 5.32 Å². The van der Waals surface area contributed by atoms with E-state index in [0.717, 1.165) is 38.0 Å². The van der Waals surface area contributed by atoms with Gasteiger partial charge in [0.1, 0.15) is 0 Å². The number of unbranched alkanes of at least 4 members (excludes halogenated alkanes) is 1. The van der Waals surface area contributed by atoms with Gasteiger partial charge in [-0.15, -0.1) is 0 Å². The second-order valence-corrected chi connectivity index (χ2v) is 6.23. The second-order valence-electron chi connectivity index (χ2n) is 6.23. The Kier molecular flexibility index (Phi) is 6.34. The number of rotatable bonds is 6. The van der Waals surface area contributed by atoms with E-state index in [1.54, 1.807) is 12.4 Å². The van der Waals surface area contributed by atoms with Crippen molar-refractivity contribution in [2.24, 2.45) is 0 Å². The summed E-state index contributed by atoms with van der Waals surface area (Å²) in [7, 11) is 0. The molecule has 1 aliphatic heterocycles. The zero-order valence-electron chi connectivity index (χ0n) is 13.8. The molecule has 0 aliphatic carbocycles. The van der Waals surface area contributed by atoms with Crippen molar-refractivity contribution in [1.29, 1.82) is 0 Å². The highest BCUT2D eigenvalue weighted by atomic mass is 16.5. The zero-order valence-corrected chi connectivity index (χ0v) is 13.8. The van der Waals surface area contributed by atoms with Gasteiger partial charge in [0.15, 0.2) is 0 Å². The highest BCUT2D eigenvalue weighted by Gasteiger charge is 2.21. The summed E-state index contributed by atoms with van der Waals surface area (Å²) in [6.07, 6.45) is 6.08. The molecule has 0 saturated carbocycles. The summed E-state index contributed by atoms with van der Waals surface area (Å²) in [6.45, 7) is 9.98. The molecule has 1 fully saturated rings. The minimum Gasteiger partial charge on any atom is -0.373 e. The van der Waals surface area contributed by atoms with Crippen LogP contribution in [0.1, 0.15) is 42.6 Å². The largest absolute Gasteiger partial charge is 0.373 e. The maximum atomic E-state index is 12.0. The lowest BCUT2D eigenvalue weighted by atomic mass is 10.2. The average Bonchev–Trinajstić information content (AvgIpc) is 2.45. The molecule has 2 heterocycles. The number of pyridine rings is 1. The molecule has 0 bridgehead atoms. The van der Waals surface area contributed by atoms with Gasteiger partial charge in [0.2, 0.25) is 0 Å². The maximum Gasteiger partial charge on any atom is 0.252 e. The molecule has 1 aromatic heterocycles. The van der Waals surface area contributed by atoms with E-state index >= 15 is 0 Å². The molecule has 0 spiro atoms. The van der Waals surface area contributed by atoms with Crippen LogP contribution in [0.5, 0.6) is 0 Å². The molecule has 0 radical (unpaired) electrons. The summed E-state index contributed by atoms with van der Waals surface area (Å²) < 4.78 is 5.73. The average molecular weight is 305 g/mol. The van der Waals surface area contributed by atoms with Crippen molar-refractivity contribution in [1.82, 2.24) is 15.2 Å². The van der Waals surface area contributed by atoms with Gasteiger partial charge in [0.05, 0.1) is 17.8 Å². The minimum absolute atomic E-state index is 0.0372. The summed E-state index contributed by atoms with van der Waals surface area (Å²) in [5, 5.41) is 2.96. The van der Waals surface area contributed by atoms with Crippen molar-refractivity contribution in [3.8, 4) is 0 Å². The van der Waals surface area contributed by atoms with E-state index in [2.05, 4.69) is 29.0 Å². The summed E-state index contributed by atoms with van der Waals surface area (Å²) >= 11 is 0. The highest BCUT2D eigenvalue weighted by molar-refractivity contribution is 5.93. The van der Waals surface area contributed by atoms with Crippen molar-refractivity contribution in [2.45, 2.75) is 45.8 Å². The van der Waals surface area contributed by atoms with E-state index in [0.29, 0.717) is 24.3 Å². The number of amides is 1. The number of carbonyl (C=O) groups is 1. The van der Waals surface area contributed by atoms with Crippen molar-refractivity contribution < 1.29 is 9.53 Å². The van der Waals surface area contributed by atoms with Gasteiger partial charge in [-0.1, -0.05) is 0 Å². The van der Waals surface area contributed by atoms with Gasteiger partial charge in [-0.05, 0) is 51.8 Å². The first-order valence-electron chi connectivity index (χ1n) is 8.12. The van der Waals surface area contributed by atoms with E-state index < -0.39 is 0 Å². The number of hydrogen-bond acceptors (Lipinski definition) is 4. The van der Waals surface area contributed by atoms with Crippen molar-refractivity contribution in [3.63, 3.8) is 0 Å². The molecule has 1 amide bonds. The van der Waals surface area contributed by atoms with Crippen LogP contribution in [0.15, 0.2) is 18.5 Å². The Morgan fingerprint density at radius 1 is 1.32 bits per heavy atom. The van der Waals surface area contributed by atoms with E-state index in [1.165, 1.54) is 0 Å². The lowest BCUT2D eigenvalue weighted by molar-refractivity contribution is -0.0681. The Bertz CT molecular complexity index is 483. The Hall–Kier alpha value is -1.46. The third-order valence-corrected chi connectivity index (χ3v) is 3.82. The van der Waals surface area contributed by atoms with E-state index in [9.17, 15) is 4.79 Å². The minimum atomic E-state index is -0.0372. The monoisotopic (exact) mass is 305 g/mol. The standard InChI is InChI=1S/C17H27N3O2/c1-13-8-16(10-18-9-13)17(21)19-6-4-5-7-20-11-14(2)22-15(3)12-20/h8-10,14-15H,4-7,11-12H2,1-3H3,(H,19,21). The summed E-state index contributed by atoms with van der Waals surface area (Å²) in [5.74, 6) is -0.0372. The fraction of sp³-hybridized carbons (Fsp3) is 0.647. The third kappa shape index (κ3) is 5.39. The number of ether oxygens (including phenoxy) is 1. The number of nitrogens with one attached hydrogen (secondary N) is 1. The SMILES string of the molecule is Cc1cncc(C(=O)NCCCCN2CC(C)OC(C)C2)c1. The van der Waals surface area contributed by atoms with Crippen molar-refractivity contribution >= 4 is 5.91 Å². The normalized spacial score (nSPS) is 22.5. The van der Waals surface area contributed by atoms with Crippen molar-refractivity contribution in [3.05, 3.63) is 29.6 Å². The first-order chi connectivity index (χ1) is 10.5. The lowest BCUT2D eigenvalue weighted by Gasteiger charge is -2.35. The van der Waals surface area contributed by atoms with Gasteiger partial charge in [0.25, 0.3) is 5.91 Å². The summed E-state index contributed by atoms with van der Waals surface area (Å²) in [4.78, 5) is 18.5. The maximum absolute atomic E-state index is 12.0. The summed E-state index contributed by atoms with van der Waals surface area (Å²) in [6, 6.07) is 1.86. The molecule has 2 rings (SSSR count). The Balaban J connectivity index is 1.62. The number of aromatic nitrogens is 1. The number of carbonyl (C=O) groups excluding carboxylic acids is 1. The molecule has 1 saturated heterocycles. The fourth-order valence-electron chi connectivity index (χ4n) is 2.91. The van der Waals surface area contributed by atoms with Crippen LogP contribution in [0.2, 0.25) is 0 Å². The van der Waals surface area contributed by atoms with Crippen LogP contribution in [-0.2, 0) is 4.74 Å². The van der Waals surface area contributed by atoms with Crippen LogP contribution in [0.3, 0.4) is 0 Å². The first kappa shape index (κ1) is 16.9. The van der Waals surface area contributed by atoms with Crippen LogP contribution in [0, 0.1) is 6.92 Å². The molecule has 122 valence electrons. The van der Waals surface area contributed by atoms with Crippen LogP contribution in [-0.4, -0.2) is 54.2 Å². The molecule has 2 atom stereocenters. The third-order valence-electron chi connectivity index (χ3n) is 3.82. The lowest BCUT2D eigenvalue weighted by Crippen LogP contribution is -2.45. The molecular weight excluding hydrogens is 278 g/mol. The van der Waals surface area contributed by atoms with Gasteiger partial charge in [-0.3, -0.25) is 14.7 Å². The zero-order chi connectivity index (χ0) is 15.9. The highest BCUT2D eigenvalue weighted by Crippen LogP contribution is 2.11. The van der Waals surface area contributed by atoms with Gasteiger partial charge in [-0.25, -0.2) is 0 Å². The molecule has 5 nitrogen and oxygen atoms in total. The number of aryl methyl sites for hydroxylation is 1. The smallest absolute Gasteiger partial charge is 0.252 e. The molecule has 1 aromatic rings. The van der Waals surface area contributed by atoms with Gasteiger partial charge < -0.3 is 10.1 Å². The van der Waals surface area contributed by atoms with Crippen LogP contribution in [0.25, 0.3) is 0 Å². The quantitative estimate of drug-likeness (QED) is 0.817. The predicted octanol–water partition coefficient (Wildman–Crippen LogP) is 2.01. The fourth-order valence-corrected chi connectivity index (χ4v) is 2.91. The Morgan fingerprint density at radius 3 is 2.73 bits per heavy atom. The predicted molar refractivity (Wildman–Crippen MR) is 87.0 cm³/mol. The topological polar surface area (TPSA) is 54.5 Å². The molecule has 1 aliphatic rings. The number of morpholine rings is 1. The van der Waals surface area contributed by atoms with E-state index in [4.69, 9.17) is 4.74 Å². The molecule has 1 N–H and O–H groups in total. The van der Waals surface area contributed by atoms with Crippen molar-refractivity contribution in [2.75, 3.05) is 26.2 Å². The first-order valence-corrected chi connectivity index (χ1v) is 8.12. The molecular formula is C17H27N3O2. The molecule has 0 aromatic carbocycles. The molecule has 2 unspecified atom stereocenters. The number of nitrogens with zero attached hydrogens (tertiary/aromatic N) is 2. The van der Waals surface area contributed by atoms with E-state index in [1.807, 2.05) is 13.0 Å². The number of hydrogen-bond donors (Lipinski definition) is 1. The van der Waals surface area contributed by atoms with E-state index in [-0.39, 0.29) is 5.91 Å². The Labute approximate surface area is 133 Å². The summed E-state index contributed by atoms with van der Waals surface area (Å²) in [5.41, 5.74) is 1.64. The van der Waals surface area contributed by atoms with Crippen LogP contribution in [0.4, 0.5) is 0 Å². The molecule has 22 heavy (non-hydrogen) atoms. The van der Waals surface area contributed by atoms with Gasteiger partial charge in [-0.2, -0.15) is 0 Å². The van der Waals surface area contributed by atoms with Crippen LogP contribution >= 0.6 is 0 Å². The molecule has 5 heteroatoms. The van der Waals surface area contributed by atoms with Gasteiger partial charge >= 0.3 is 0 Å². The Morgan fingerprint density at radius 2 is 2.05 bits per heavy atom. The van der Waals surface area contributed by atoms with Gasteiger partial charge in [0, 0.05) is 32.0 Å².